The van der Waals surface area contributed by atoms with Crippen molar-refractivity contribution in [2.45, 2.75) is 50.9 Å². The molecule has 1 aromatic rings. The fourth-order valence-electron chi connectivity index (χ4n) is 6.94. The molecule has 124 valence electrons. The van der Waals surface area contributed by atoms with Crippen molar-refractivity contribution >= 4 is 28.8 Å². The first-order valence-electron chi connectivity index (χ1n) is 8.94. The van der Waals surface area contributed by atoms with Gasteiger partial charge in [-0.25, -0.2) is 0 Å². The van der Waals surface area contributed by atoms with Gasteiger partial charge in [0.05, 0.1) is 4.99 Å². The third-order valence-corrected chi connectivity index (χ3v) is 8.36. The molecule has 23 heavy (non-hydrogen) atoms. The molecular formula is C20H26ClNS. The van der Waals surface area contributed by atoms with Crippen LogP contribution < -0.4 is 5.73 Å². The Morgan fingerprint density at radius 2 is 2.00 bits per heavy atom. The Labute approximate surface area is 150 Å². The molecule has 0 aromatic heterocycles. The van der Waals surface area contributed by atoms with Crippen molar-refractivity contribution < 1.29 is 0 Å². The molecule has 0 radical (unpaired) electrons. The largest absolute Gasteiger partial charge is 0.393 e. The molecule has 4 saturated carbocycles. The van der Waals surface area contributed by atoms with Crippen molar-refractivity contribution in [2.75, 3.05) is 5.88 Å². The van der Waals surface area contributed by atoms with Gasteiger partial charge >= 0.3 is 0 Å². The van der Waals surface area contributed by atoms with Gasteiger partial charge in [0.25, 0.3) is 0 Å². The zero-order valence-electron chi connectivity index (χ0n) is 13.9. The molecule has 2 N–H and O–H groups in total. The molecule has 4 aliphatic carbocycles. The Morgan fingerprint density at radius 3 is 2.61 bits per heavy atom. The van der Waals surface area contributed by atoms with E-state index < -0.39 is 0 Å². The molecule has 5 rings (SSSR count). The van der Waals surface area contributed by atoms with Gasteiger partial charge in [-0.2, -0.15) is 0 Å². The van der Waals surface area contributed by atoms with Crippen LogP contribution in [0.3, 0.4) is 0 Å². The number of rotatable bonds is 5. The van der Waals surface area contributed by atoms with E-state index >= 15 is 0 Å². The quantitative estimate of drug-likeness (QED) is 0.595. The molecule has 5 atom stereocenters. The van der Waals surface area contributed by atoms with Crippen LogP contribution in [0.25, 0.3) is 0 Å². The fraction of sp³-hybridized carbons (Fsp3) is 0.650. The van der Waals surface area contributed by atoms with Gasteiger partial charge in [-0.15, -0.1) is 11.6 Å². The second-order valence-corrected chi connectivity index (χ2v) is 9.05. The lowest BCUT2D eigenvalue weighted by Gasteiger charge is -2.49. The summed E-state index contributed by atoms with van der Waals surface area (Å²) in [6.07, 6.45) is 7.23. The fourth-order valence-corrected chi connectivity index (χ4v) is 7.59. The van der Waals surface area contributed by atoms with Gasteiger partial charge in [-0.05, 0) is 66.8 Å². The highest BCUT2D eigenvalue weighted by Gasteiger charge is 2.73. The molecule has 0 saturated heterocycles. The first-order valence-corrected chi connectivity index (χ1v) is 9.89. The maximum absolute atomic E-state index is 6.36. The number of thiocarbonyl (C=S) groups is 1. The molecule has 4 fully saturated rings. The van der Waals surface area contributed by atoms with Gasteiger partial charge in [0, 0.05) is 11.3 Å². The average molecular weight is 348 g/mol. The van der Waals surface area contributed by atoms with Crippen LogP contribution in [-0.2, 0) is 5.41 Å². The monoisotopic (exact) mass is 347 g/mol. The van der Waals surface area contributed by atoms with Crippen LogP contribution in [0.2, 0.25) is 0 Å². The van der Waals surface area contributed by atoms with Gasteiger partial charge in [-0.1, -0.05) is 49.5 Å². The summed E-state index contributed by atoms with van der Waals surface area (Å²) in [4.78, 5) is 0.773. The molecule has 0 heterocycles. The minimum atomic E-state index is 0.0795. The van der Waals surface area contributed by atoms with Gasteiger partial charge < -0.3 is 5.73 Å². The normalized spacial score (nSPS) is 43.9. The molecule has 1 nitrogen and oxygen atoms in total. The van der Waals surface area contributed by atoms with Crippen molar-refractivity contribution in [1.82, 2.24) is 0 Å². The number of nitrogens with two attached hydrogens (primary N) is 1. The minimum Gasteiger partial charge on any atom is -0.393 e. The maximum atomic E-state index is 6.36. The third-order valence-electron chi connectivity index (χ3n) is 7.77. The Hall–Kier alpha value is -0.600. The van der Waals surface area contributed by atoms with E-state index in [0.29, 0.717) is 16.7 Å². The molecule has 4 aliphatic rings. The molecule has 3 heteroatoms. The SMILES string of the molecule is CCC1(CCCl)C2CC3(c4ccccc4)CC1C(C(N)=S)(C2)C3. The van der Waals surface area contributed by atoms with Crippen LogP contribution in [0.15, 0.2) is 30.3 Å². The van der Waals surface area contributed by atoms with Crippen molar-refractivity contribution in [3.8, 4) is 0 Å². The smallest absolute Gasteiger partial charge is 0.0793 e. The second kappa shape index (κ2) is 5.20. The van der Waals surface area contributed by atoms with Crippen LogP contribution in [0.1, 0.15) is 51.0 Å². The molecule has 1 aromatic carbocycles. The topological polar surface area (TPSA) is 26.0 Å². The average Bonchev–Trinajstić information content (AvgIpc) is 2.92. The summed E-state index contributed by atoms with van der Waals surface area (Å²) in [6, 6.07) is 11.1. The van der Waals surface area contributed by atoms with E-state index in [1.165, 1.54) is 31.2 Å². The molecular weight excluding hydrogens is 322 g/mol. The summed E-state index contributed by atoms with van der Waals surface area (Å²) in [7, 11) is 0. The van der Waals surface area contributed by atoms with E-state index in [4.69, 9.17) is 29.6 Å². The zero-order chi connectivity index (χ0) is 16.3. The zero-order valence-corrected chi connectivity index (χ0v) is 15.4. The van der Waals surface area contributed by atoms with Gasteiger partial charge in [-0.3, -0.25) is 0 Å². The molecule has 0 amide bonds. The maximum Gasteiger partial charge on any atom is 0.0793 e. The van der Waals surface area contributed by atoms with Gasteiger partial charge in [0.15, 0.2) is 0 Å². The number of halogens is 1. The first-order chi connectivity index (χ1) is 11.0. The van der Waals surface area contributed by atoms with Crippen LogP contribution in [-0.4, -0.2) is 10.9 Å². The predicted molar refractivity (Wildman–Crippen MR) is 101 cm³/mol. The first kappa shape index (κ1) is 15.9. The van der Waals surface area contributed by atoms with E-state index in [1.54, 1.807) is 0 Å². The Morgan fingerprint density at radius 1 is 1.26 bits per heavy atom. The number of alkyl halides is 1. The van der Waals surface area contributed by atoms with Gasteiger partial charge in [0.2, 0.25) is 0 Å². The highest BCUT2D eigenvalue weighted by molar-refractivity contribution is 7.80. The van der Waals surface area contributed by atoms with Gasteiger partial charge in [0.1, 0.15) is 0 Å². The number of hydrogen-bond donors (Lipinski definition) is 1. The summed E-state index contributed by atoms with van der Waals surface area (Å²) < 4.78 is 0. The lowest BCUT2D eigenvalue weighted by molar-refractivity contribution is 0.0456. The standard InChI is InChI=1S/C20H26ClNS/c1-2-19(8-9-21)15-10-18(14-6-4-3-5-7-14)12-16(19)20(11-15,13-18)17(22)23/h3-7,15-16H,2,8-13H2,1H3,(H2,22,23). The number of benzene rings is 1. The predicted octanol–water partition coefficient (Wildman–Crippen LogP) is 5.06. The summed E-state index contributed by atoms with van der Waals surface area (Å²) in [5.74, 6) is 2.10. The molecule has 4 bridgehead atoms. The highest BCUT2D eigenvalue weighted by atomic mass is 35.5. The Kier molecular flexibility index (Phi) is 3.59. The van der Waals surface area contributed by atoms with Crippen molar-refractivity contribution in [1.29, 1.82) is 0 Å². The Bertz CT molecular complexity index is 632. The summed E-state index contributed by atoms with van der Waals surface area (Å²) in [5.41, 5.74) is 8.60. The lowest BCUT2D eigenvalue weighted by atomic mass is 9.55. The second-order valence-electron chi connectivity index (χ2n) is 8.23. The minimum absolute atomic E-state index is 0.0795. The molecule has 5 unspecified atom stereocenters. The van der Waals surface area contributed by atoms with E-state index in [2.05, 4.69) is 37.3 Å². The molecule has 0 aliphatic heterocycles. The van der Waals surface area contributed by atoms with Crippen molar-refractivity contribution in [3.05, 3.63) is 35.9 Å². The van der Waals surface area contributed by atoms with E-state index in [9.17, 15) is 0 Å². The Balaban J connectivity index is 1.82. The van der Waals surface area contributed by atoms with E-state index in [1.807, 2.05) is 0 Å². The van der Waals surface area contributed by atoms with Crippen LogP contribution >= 0.6 is 23.8 Å². The summed E-state index contributed by atoms with van der Waals surface area (Å²) in [6.45, 7) is 2.35. The van der Waals surface area contributed by atoms with Crippen molar-refractivity contribution in [3.63, 3.8) is 0 Å². The molecule has 0 spiro atoms. The van der Waals surface area contributed by atoms with Crippen LogP contribution in [0.5, 0.6) is 0 Å². The highest BCUT2D eigenvalue weighted by Crippen LogP contribution is 2.78. The summed E-state index contributed by atoms with van der Waals surface area (Å²) in [5, 5.41) is 0. The van der Waals surface area contributed by atoms with Crippen LogP contribution in [0.4, 0.5) is 0 Å². The van der Waals surface area contributed by atoms with E-state index in [-0.39, 0.29) is 5.41 Å². The number of hydrogen-bond acceptors (Lipinski definition) is 1. The van der Waals surface area contributed by atoms with Crippen molar-refractivity contribution in [2.24, 2.45) is 28.4 Å². The summed E-state index contributed by atoms with van der Waals surface area (Å²) >= 11 is 11.9. The third kappa shape index (κ3) is 1.88. The lowest BCUT2D eigenvalue weighted by Crippen LogP contribution is -2.42. The van der Waals surface area contributed by atoms with Crippen LogP contribution in [0, 0.1) is 22.7 Å². The van der Waals surface area contributed by atoms with E-state index in [0.717, 1.165) is 29.6 Å².